The van der Waals surface area contributed by atoms with Gasteiger partial charge in [-0.15, -0.1) is 0 Å². The molecule has 0 bridgehead atoms. The van der Waals surface area contributed by atoms with Gasteiger partial charge in [-0.25, -0.2) is 0 Å². The molecular formula is C15H26N2O3. The number of hydrogen-bond donors (Lipinski definition) is 2. The standard InChI is InChI=1S/C15H26N2O3/c1-3-17-6-4-5-11(9-17)16-14(18)12-7-10(2)8-13(12)15(19)20/h10-13H,3-9H2,1-2H3,(H,16,18)(H,19,20)/t10?,11?,12-,13+/m0/s1. The Morgan fingerprint density at radius 2 is 2.00 bits per heavy atom. The number of carbonyl (C=O) groups excluding carboxylic acids is 1. The van der Waals surface area contributed by atoms with Crippen molar-refractivity contribution in [1.29, 1.82) is 0 Å². The van der Waals surface area contributed by atoms with Crippen LogP contribution in [0.1, 0.15) is 39.5 Å². The Kier molecular flexibility index (Phi) is 5.02. The number of hydrogen-bond acceptors (Lipinski definition) is 3. The number of piperidine rings is 1. The van der Waals surface area contributed by atoms with E-state index in [1.54, 1.807) is 0 Å². The predicted octanol–water partition coefficient (Wildman–Crippen LogP) is 1.33. The molecule has 0 aromatic carbocycles. The van der Waals surface area contributed by atoms with Crippen LogP contribution in [0.15, 0.2) is 0 Å². The number of likely N-dealkylation sites (tertiary alicyclic amines) is 1. The van der Waals surface area contributed by atoms with Crippen molar-refractivity contribution in [1.82, 2.24) is 10.2 Å². The third-order valence-electron chi connectivity index (χ3n) is 4.75. The van der Waals surface area contributed by atoms with E-state index in [1.807, 2.05) is 6.92 Å². The fourth-order valence-electron chi connectivity index (χ4n) is 3.62. The topological polar surface area (TPSA) is 69.6 Å². The number of carboxylic acids is 1. The van der Waals surface area contributed by atoms with E-state index in [4.69, 9.17) is 0 Å². The molecule has 5 nitrogen and oxygen atoms in total. The molecule has 1 amide bonds. The van der Waals surface area contributed by atoms with E-state index >= 15 is 0 Å². The Bertz CT molecular complexity index is 372. The lowest BCUT2D eigenvalue weighted by Crippen LogP contribution is -2.49. The van der Waals surface area contributed by atoms with Crippen LogP contribution in [0.5, 0.6) is 0 Å². The molecule has 0 radical (unpaired) electrons. The quantitative estimate of drug-likeness (QED) is 0.816. The molecule has 1 saturated heterocycles. The number of nitrogens with one attached hydrogen (secondary N) is 1. The maximum atomic E-state index is 12.4. The molecule has 0 aromatic heterocycles. The van der Waals surface area contributed by atoms with E-state index in [2.05, 4.69) is 17.1 Å². The Labute approximate surface area is 120 Å². The average Bonchev–Trinajstić information content (AvgIpc) is 2.81. The Morgan fingerprint density at radius 3 is 2.65 bits per heavy atom. The smallest absolute Gasteiger partial charge is 0.307 e. The molecule has 5 heteroatoms. The van der Waals surface area contributed by atoms with Gasteiger partial charge in [0.05, 0.1) is 11.8 Å². The first-order chi connectivity index (χ1) is 9.51. The van der Waals surface area contributed by atoms with Gasteiger partial charge in [0.1, 0.15) is 0 Å². The van der Waals surface area contributed by atoms with Gasteiger partial charge in [-0.2, -0.15) is 0 Å². The molecule has 1 aliphatic carbocycles. The van der Waals surface area contributed by atoms with Gasteiger partial charge in [-0.3, -0.25) is 9.59 Å². The molecule has 0 spiro atoms. The van der Waals surface area contributed by atoms with E-state index in [0.29, 0.717) is 18.8 Å². The molecule has 1 aliphatic heterocycles. The zero-order valence-electron chi connectivity index (χ0n) is 12.5. The number of rotatable bonds is 4. The lowest BCUT2D eigenvalue weighted by molar-refractivity contribution is -0.146. The Balaban J connectivity index is 1.92. The molecule has 4 atom stereocenters. The second-order valence-corrected chi connectivity index (χ2v) is 6.37. The molecule has 2 unspecified atom stereocenters. The molecule has 2 rings (SSSR count). The molecular weight excluding hydrogens is 256 g/mol. The first-order valence-corrected chi connectivity index (χ1v) is 7.76. The summed E-state index contributed by atoms with van der Waals surface area (Å²) in [6, 6.07) is 0.182. The van der Waals surface area contributed by atoms with E-state index in [9.17, 15) is 14.7 Å². The van der Waals surface area contributed by atoms with Gasteiger partial charge in [0.15, 0.2) is 0 Å². The highest BCUT2D eigenvalue weighted by Crippen LogP contribution is 2.36. The largest absolute Gasteiger partial charge is 0.481 e. The van der Waals surface area contributed by atoms with Gasteiger partial charge >= 0.3 is 5.97 Å². The van der Waals surface area contributed by atoms with Crippen LogP contribution in [0.2, 0.25) is 0 Å². The van der Waals surface area contributed by atoms with Crippen molar-refractivity contribution < 1.29 is 14.7 Å². The summed E-state index contributed by atoms with van der Waals surface area (Å²) in [6.45, 7) is 7.15. The van der Waals surface area contributed by atoms with Crippen molar-refractivity contribution in [2.75, 3.05) is 19.6 Å². The zero-order chi connectivity index (χ0) is 14.7. The molecule has 2 N–H and O–H groups in total. The van der Waals surface area contributed by atoms with E-state index in [0.717, 1.165) is 32.5 Å². The molecule has 20 heavy (non-hydrogen) atoms. The molecule has 1 heterocycles. The summed E-state index contributed by atoms with van der Waals surface area (Å²) in [6.07, 6.45) is 3.43. The molecule has 2 aliphatic rings. The van der Waals surface area contributed by atoms with Crippen molar-refractivity contribution in [2.24, 2.45) is 17.8 Å². The van der Waals surface area contributed by atoms with E-state index in [1.165, 1.54) is 0 Å². The highest BCUT2D eigenvalue weighted by molar-refractivity contribution is 5.85. The van der Waals surface area contributed by atoms with Crippen LogP contribution in [-0.4, -0.2) is 47.6 Å². The van der Waals surface area contributed by atoms with Gasteiger partial charge in [0.25, 0.3) is 0 Å². The maximum absolute atomic E-state index is 12.4. The predicted molar refractivity (Wildman–Crippen MR) is 76.3 cm³/mol. The summed E-state index contributed by atoms with van der Waals surface area (Å²) < 4.78 is 0. The first-order valence-electron chi connectivity index (χ1n) is 7.76. The summed E-state index contributed by atoms with van der Waals surface area (Å²) in [5.41, 5.74) is 0. The number of likely N-dealkylation sites (N-methyl/N-ethyl adjacent to an activating group) is 1. The van der Waals surface area contributed by atoms with Crippen molar-refractivity contribution >= 4 is 11.9 Å². The number of aliphatic carboxylic acids is 1. The van der Waals surface area contributed by atoms with Crippen LogP contribution in [0.3, 0.4) is 0 Å². The van der Waals surface area contributed by atoms with Crippen LogP contribution >= 0.6 is 0 Å². The summed E-state index contributed by atoms with van der Waals surface area (Å²) in [7, 11) is 0. The van der Waals surface area contributed by atoms with Gasteiger partial charge < -0.3 is 15.3 Å². The summed E-state index contributed by atoms with van der Waals surface area (Å²) in [5.74, 6) is -1.40. The van der Waals surface area contributed by atoms with Gasteiger partial charge in [-0.05, 0) is 44.7 Å². The third kappa shape index (κ3) is 3.51. The van der Waals surface area contributed by atoms with Crippen molar-refractivity contribution in [3.05, 3.63) is 0 Å². The van der Waals surface area contributed by atoms with E-state index in [-0.39, 0.29) is 17.9 Å². The van der Waals surface area contributed by atoms with Crippen LogP contribution < -0.4 is 5.32 Å². The van der Waals surface area contributed by atoms with Gasteiger partial charge in [0, 0.05) is 12.6 Å². The highest BCUT2D eigenvalue weighted by atomic mass is 16.4. The average molecular weight is 282 g/mol. The monoisotopic (exact) mass is 282 g/mol. The molecule has 114 valence electrons. The third-order valence-corrected chi connectivity index (χ3v) is 4.75. The zero-order valence-corrected chi connectivity index (χ0v) is 12.5. The van der Waals surface area contributed by atoms with E-state index < -0.39 is 11.9 Å². The second kappa shape index (κ2) is 6.57. The number of carbonyl (C=O) groups is 2. The van der Waals surface area contributed by atoms with Gasteiger partial charge in [-0.1, -0.05) is 13.8 Å². The fraction of sp³-hybridized carbons (Fsp3) is 0.867. The van der Waals surface area contributed by atoms with Crippen LogP contribution in [0.25, 0.3) is 0 Å². The van der Waals surface area contributed by atoms with Crippen LogP contribution in [0.4, 0.5) is 0 Å². The lowest BCUT2D eigenvalue weighted by atomic mass is 9.94. The Hall–Kier alpha value is -1.10. The molecule has 2 fully saturated rings. The minimum absolute atomic E-state index is 0.0512. The van der Waals surface area contributed by atoms with Crippen molar-refractivity contribution in [2.45, 2.75) is 45.6 Å². The van der Waals surface area contributed by atoms with Crippen LogP contribution in [0, 0.1) is 17.8 Å². The Morgan fingerprint density at radius 1 is 1.30 bits per heavy atom. The maximum Gasteiger partial charge on any atom is 0.307 e. The number of nitrogens with zero attached hydrogens (tertiary/aromatic N) is 1. The minimum atomic E-state index is -0.826. The normalized spacial score (nSPS) is 34.9. The summed E-state index contributed by atoms with van der Waals surface area (Å²) >= 11 is 0. The SMILES string of the molecule is CCN1CCCC(NC(=O)[C@H]2CC(C)C[C@H]2C(=O)O)C1. The highest BCUT2D eigenvalue weighted by Gasteiger charge is 2.41. The number of amides is 1. The summed E-state index contributed by atoms with van der Waals surface area (Å²) in [4.78, 5) is 26.0. The molecule has 1 saturated carbocycles. The van der Waals surface area contributed by atoms with Crippen molar-refractivity contribution in [3.63, 3.8) is 0 Å². The second-order valence-electron chi connectivity index (χ2n) is 6.37. The summed E-state index contributed by atoms with van der Waals surface area (Å²) in [5, 5.41) is 12.3. The van der Waals surface area contributed by atoms with Crippen molar-refractivity contribution in [3.8, 4) is 0 Å². The fourth-order valence-corrected chi connectivity index (χ4v) is 3.62. The van der Waals surface area contributed by atoms with Gasteiger partial charge in [0.2, 0.25) is 5.91 Å². The number of carboxylic acid groups (broad SMARTS) is 1. The first kappa shape index (κ1) is 15.3. The van der Waals surface area contributed by atoms with Crippen LogP contribution in [-0.2, 0) is 9.59 Å². The molecule has 0 aromatic rings. The lowest BCUT2D eigenvalue weighted by Gasteiger charge is -2.33. The minimum Gasteiger partial charge on any atom is -0.481 e.